The van der Waals surface area contributed by atoms with Crippen LogP contribution in [0.1, 0.15) is 42.2 Å². The molecule has 112 valence electrons. The average Bonchev–Trinajstić information content (AvgIpc) is 2.46. The highest BCUT2D eigenvalue weighted by Crippen LogP contribution is 2.25. The third-order valence-corrected chi connectivity index (χ3v) is 4.57. The molecule has 1 fully saturated rings. The zero-order valence-corrected chi connectivity index (χ0v) is 13.6. The van der Waals surface area contributed by atoms with Crippen LogP contribution < -0.4 is 5.32 Å². The van der Waals surface area contributed by atoms with Gasteiger partial charge in [0.1, 0.15) is 6.10 Å². The predicted molar refractivity (Wildman–Crippen MR) is 84.4 cm³/mol. The van der Waals surface area contributed by atoms with Crippen LogP contribution in [-0.2, 0) is 11.2 Å². The van der Waals surface area contributed by atoms with E-state index in [0.717, 1.165) is 61.3 Å². The van der Waals surface area contributed by atoms with Gasteiger partial charge < -0.3 is 10.1 Å². The van der Waals surface area contributed by atoms with Gasteiger partial charge in [-0.3, -0.25) is 0 Å². The quantitative estimate of drug-likeness (QED) is 0.817. The van der Waals surface area contributed by atoms with Gasteiger partial charge in [-0.25, -0.2) is 9.97 Å². The molecular formula is C15H25N3OS. The molecule has 0 amide bonds. The van der Waals surface area contributed by atoms with Crippen LogP contribution in [0.15, 0.2) is 0 Å². The van der Waals surface area contributed by atoms with Crippen LogP contribution in [0.2, 0.25) is 0 Å². The number of ether oxygens (including phenoxy) is 1. The van der Waals surface area contributed by atoms with Gasteiger partial charge in [-0.2, -0.15) is 11.8 Å². The molecule has 0 aromatic carbocycles. The number of aryl methyl sites for hydroxylation is 2. The molecule has 0 aliphatic carbocycles. The molecule has 2 heterocycles. The first kappa shape index (κ1) is 15.7. The summed E-state index contributed by atoms with van der Waals surface area (Å²) in [6, 6.07) is 0. The monoisotopic (exact) mass is 295 g/mol. The van der Waals surface area contributed by atoms with Crippen molar-refractivity contribution in [3.63, 3.8) is 0 Å². The lowest BCUT2D eigenvalue weighted by Crippen LogP contribution is -2.20. The van der Waals surface area contributed by atoms with E-state index in [0.29, 0.717) is 0 Å². The van der Waals surface area contributed by atoms with Crippen molar-refractivity contribution in [2.24, 2.45) is 0 Å². The van der Waals surface area contributed by atoms with E-state index in [-0.39, 0.29) is 6.10 Å². The maximum Gasteiger partial charge on any atom is 0.158 e. The smallest absolute Gasteiger partial charge is 0.158 e. The average molecular weight is 295 g/mol. The fraction of sp³-hybridized carbons (Fsp3) is 0.733. The molecule has 5 heteroatoms. The van der Waals surface area contributed by atoms with Crippen LogP contribution >= 0.6 is 11.8 Å². The molecule has 0 saturated carbocycles. The minimum Gasteiger partial charge on any atom is -0.368 e. The summed E-state index contributed by atoms with van der Waals surface area (Å²) in [6.45, 7) is 9.22. The van der Waals surface area contributed by atoms with Crippen LogP contribution in [0, 0.1) is 13.8 Å². The highest BCUT2D eigenvalue weighted by Gasteiger charge is 2.20. The fourth-order valence-corrected chi connectivity index (χ4v) is 3.32. The number of rotatable bonds is 6. The molecule has 1 unspecified atom stereocenters. The number of aromatic nitrogens is 2. The molecule has 1 aliphatic rings. The summed E-state index contributed by atoms with van der Waals surface area (Å²) in [5.74, 6) is 2.91. The van der Waals surface area contributed by atoms with E-state index in [4.69, 9.17) is 4.74 Å². The van der Waals surface area contributed by atoms with Crippen LogP contribution in [-0.4, -0.2) is 41.2 Å². The second-order valence-corrected chi connectivity index (χ2v) is 6.27. The Morgan fingerprint density at radius 3 is 2.65 bits per heavy atom. The third kappa shape index (κ3) is 4.17. The summed E-state index contributed by atoms with van der Waals surface area (Å²) in [6.07, 6.45) is 2.25. The molecule has 2 rings (SSSR count). The second-order valence-electron chi connectivity index (χ2n) is 5.12. The Kier molecular flexibility index (Phi) is 6.26. The first-order chi connectivity index (χ1) is 9.72. The van der Waals surface area contributed by atoms with Crippen molar-refractivity contribution in [1.82, 2.24) is 15.3 Å². The highest BCUT2D eigenvalue weighted by molar-refractivity contribution is 7.99. The van der Waals surface area contributed by atoms with E-state index in [2.05, 4.69) is 36.1 Å². The molecule has 20 heavy (non-hydrogen) atoms. The summed E-state index contributed by atoms with van der Waals surface area (Å²) >= 11 is 1.92. The van der Waals surface area contributed by atoms with Crippen molar-refractivity contribution in [2.75, 3.05) is 31.2 Å². The van der Waals surface area contributed by atoms with Gasteiger partial charge in [-0.15, -0.1) is 0 Å². The van der Waals surface area contributed by atoms with E-state index in [1.54, 1.807) is 0 Å². The zero-order chi connectivity index (χ0) is 14.4. The van der Waals surface area contributed by atoms with Gasteiger partial charge in [0.05, 0.1) is 6.61 Å². The van der Waals surface area contributed by atoms with Crippen molar-refractivity contribution < 1.29 is 4.74 Å². The van der Waals surface area contributed by atoms with Gasteiger partial charge in [-0.05, 0) is 45.3 Å². The fourth-order valence-electron chi connectivity index (χ4n) is 2.48. The molecule has 0 spiro atoms. The van der Waals surface area contributed by atoms with Crippen molar-refractivity contribution >= 4 is 11.8 Å². The second kappa shape index (κ2) is 7.96. The number of hydrogen-bond acceptors (Lipinski definition) is 5. The van der Waals surface area contributed by atoms with Gasteiger partial charge in [0.2, 0.25) is 0 Å². The molecule has 1 aromatic rings. The molecule has 1 aromatic heterocycles. The molecule has 4 nitrogen and oxygen atoms in total. The van der Waals surface area contributed by atoms with E-state index in [1.165, 1.54) is 5.56 Å². The van der Waals surface area contributed by atoms with Crippen molar-refractivity contribution in [3.8, 4) is 0 Å². The normalized spacial score (nSPS) is 19.2. The van der Waals surface area contributed by atoms with Crippen molar-refractivity contribution in [3.05, 3.63) is 22.8 Å². The standard InChI is InChI=1S/C15H25N3OS/c1-4-16-7-5-6-13-11(2)17-15(18-12(13)3)14-10-20-9-8-19-14/h14,16H,4-10H2,1-3H3. The number of hydrogen-bond donors (Lipinski definition) is 1. The third-order valence-electron chi connectivity index (χ3n) is 3.57. The SMILES string of the molecule is CCNCCCc1c(C)nc(C2CSCCO2)nc1C. The van der Waals surface area contributed by atoms with Gasteiger partial charge in [0.15, 0.2) is 5.82 Å². The molecular weight excluding hydrogens is 270 g/mol. The maximum absolute atomic E-state index is 5.77. The Labute approximate surface area is 126 Å². The number of thioether (sulfide) groups is 1. The Morgan fingerprint density at radius 1 is 1.30 bits per heavy atom. The lowest BCUT2D eigenvalue weighted by Gasteiger charge is -2.22. The van der Waals surface area contributed by atoms with Gasteiger partial charge in [0, 0.05) is 22.9 Å². The topological polar surface area (TPSA) is 47.0 Å². The summed E-state index contributed by atoms with van der Waals surface area (Å²) < 4.78 is 5.77. The Balaban J connectivity index is 2.03. The molecule has 1 saturated heterocycles. The summed E-state index contributed by atoms with van der Waals surface area (Å²) in [5, 5.41) is 3.36. The van der Waals surface area contributed by atoms with E-state index in [9.17, 15) is 0 Å². The van der Waals surface area contributed by atoms with Crippen molar-refractivity contribution in [1.29, 1.82) is 0 Å². The van der Waals surface area contributed by atoms with Crippen molar-refractivity contribution in [2.45, 2.75) is 39.7 Å². The minimum atomic E-state index is 0.0713. The lowest BCUT2D eigenvalue weighted by molar-refractivity contribution is 0.0691. The zero-order valence-electron chi connectivity index (χ0n) is 12.7. The molecule has 0 radical (unpaired) electrons. The van der Waals surface area contributed by atoms with E-state index < -0.39 is 0 Å². The lowest BCUT2D eigenvalue weighted by atomic mass is 10.1. The Morgan fingerprint density at radius 2 is 2.05 bits per heavy atom. The first-order valence-corrected chi connectivity index (χ1v) is 8.62. The van der Waals surface area contributed by atoms with Crippen LogP contribution in [0.5, 0.6) is 0 Å². The Hall–Kier alpha value is -0.650. The number of nitrogens with one attached hydrogen (secondary N) is 1. The minimum absolute atomic E-state index is 0.0713. The van der Waals surface area contributed by atoms with E-state index in [1.807, 2.05) is 11.8 Å². The van der Waals surface area contributed by atoms with Gasteiger partial charge in [-0.1, -0.05) is 6.92 Å². The van der Waals surface area contributed by atoms with Crippen LogP contribution in [0.4, 0.5) is 0 Å². The number of nitrogens with zero attached hydrogens (tertiary/aromatic N) is 2. The maximum atomic E-state index is 5.77. The molecule has 1 aliphatic heterocycles. The van der Waals surface area contributed by atoms with Gasteiger partial charge >= 0.3 is 0 Å². The van der Waals surface area contributed by atoms with Crippen LogP contribution in [0.3, 0.4) is 0 Å². The molecule has 1 atom stereocenters. The summed E-state index contributed by atoms with van der Waals surface area (Å²) in [5.41, 5.74) is 3.53. The predicted octanol–water partition coefficient (Wildman–Crippen LogP) is 2.44. The molecule has 0 bridgehead atoms. The summed E-state index contributed by atoms with van der Waals surface area (Å²) in [7, 11) is 0. The van der Waals surface area contributed by atoms with E-state index >= 15 is 0 Å². The summed E-state index contributed by atoms with van der Waals surface area (Å²) in [4.78, 5) is 9.37. The Bertz CT molecular complexity index is 410. The van der Waals surface area contributed by atoms with Crippen LogP contribution in [0.25, 0.3) is 0 Å². The largest absolute Gasteiger partial charge is 0.368 e. The first-order valence-electron chi connectivity index (χ1n) is 7.46. The van der Waals surface area contributed by atoms with Gasteiger partial charge in [0.25, 0.3) is 0 Å². The highest BCUT2D eigenvalue weighted by atomic mass is 32.2. The molecule has 1 N–H and O–H groups in total.